The summed E-state index contributed by atoms with van der Waals surface area (Å²) in [6.45, 7) is 4.71. The molecule has 1 atom stereocenters. The summed E-state index contributed by atoms with van der Waals surface area (Å²) < 4.78 is 13.2. The summed E-state index contributed by atoms with van der Waals surface area (Å²) in [6.07, 6.45) is 7.57. The highest BCUT2D eigenvalue weighted by Gasteiger charge is 2.48. The molecule has 0 saturated heterocycles. The lowest BCUT2D eigenvalue weighted by atomic mass is 9.86. The number of rotatable bonds is 6. The molecule has 190 valence electrons. The molecule has 2 aromatic heterocycles. The summed E-state index contributed by atoms with van der Waals surface area (Å²) in [5.74, 6) is 1.63. The zero-order valence-corrected chi connectivity index (χ0v) is 21.4. The third-order valence-corrected chi connectivity index (χ3v) is 7.85. The fourth-order valence-corrected chi connectivity index (χ4v) is 5.62. The summed E-state index contributed by atoms with van der Waals surface area (Å²) in [5.41, 5.74) is 1.03. The smallest absolute Gasteiger partial charge is 0.271 e. The first kappa shape index (κ1) is 24.2. The van der Waals surface area contributed by atoms with Crippen LogP contribution in [-0.2, 0) is 17.9 Å². The van der Waals surface area contributed by atoms with Gasteiger partial charge in [0.1, 0.15) is 22.7 Å². The molecule has 1 N–H and O–H groups in total. The lowest BCUT2D eigenvalue weighted by Gasteiger charge is -2.45. The largest absolute Gasteiger partial charge is 0.496 e. The fraction of sp³-hybridized carbons (Fsp3) is 0.464. The van der Waals surface area contributed by atoms with E-state index in [0.717, 1.165) is 42.1 Å². The molecule has 2 aliphatic rings. The van der Waals surface area contributed by atoms with Crippen molar-refractivity contribution in [2.24, 2.45) is 5.92 Å². The standard InChI is InChI=1S/C28H34N4O4/c1-18-7-9-20(10-8-18)30-27(34)28(2)17-31-22(26(33)32(28)16-19-6-5-13-29-15-19)14-21-23(35-3)11-12-24(36-4)25(21)31/h5-6,11-15,18,20H,7-10,16-17H2,1-4H3,(H,30,34)/t18?,20?,28-/m0/s1. The number of ether oxygens (including phenoxy) is 2. The molecule has 8 nitrogen and oxygen atoms in total. The van der Waals surface area contributed by atoms with Gasteiger partial charge in [-0.05, 0) is 68.4 Å². The number of benzene rings is 1. The second-order valence-corrected chi connectivity index (χ2v) is 10.3. The van der Waals surface area contributed by atoms with Gasteiger partial charge >= 0.3 is 0 Å². The van der Waals surface area contributed by atoms with Gasteiger partial charge in [-0.15, -0.1) is 0 Å². The number of aromatic nitrogens is 2. The first-order valence-electron chi connectivity index (χ1n) is 12.6. The van der Waals surface area contributed by atoms with Crippen LogP contribution in [0.2, 0.25) is 0 Å². The third-order valence-electron chi connectivity index (χ3n) is 7.85. The quantitative estimate of drug-likeness (QED) is 0.561. The first-order chi connectivity index (χ1) is 17.4. The zero-order chi connectivity index (χ0) is 25.4. The van der Waals surface area contributed by atoms with Crippen LogP contribution in [-0.4, -0.2) is 52.1 Å². The second-order valence-electron chi connectivity index (χ2n) is 10.3. The van der Waals surface area contributed by atoms with Crippen LogP contribution in [0, 0.1) is 5.92 Å². The molecular formula is C28H34N4O4. The highest BCUT2D eigenvalue weighted by molar-refractivity contribution is 6.05. The number of nitrogens with zero attached hydrogens (tertiary/aromatic N) is 3. The van der Waals surface area contributed by atoms with Gasteiger partial charge in [0.05, 0.1) is 26.3 Å². The van der Waals surface area contributed by atoms with Crippen LogP contribution in [0.4, 0.5) is 0 Å². The molecule has 0 bridgehead atoms. The van der Waals surface area contributed by atoms with Crippen LogP contribution in [0.25, 0.3) is 10.9 Å². The summed E-state index contributed by atoms with van der Waals surface area (Å²) in [6, 6.07) is 9.41. The molecule has 3 aromatic rings. The van der Waals surface area contributed by atoms with Crippen molar-refractivity contribution in [3.05, 3.63) is 54.0 Å². The maximum Gasteiger partial charge on any atom is 0.271 e. The molecule has 1 aliphatic heterocycles. The lowest BCUT2D eigenvalue weighted by molar-refractivity contribution is -0.134. The second kappa shape index (κ2) is 9.48. The Labute approximate surface area is 211 Å². The van der Waals surface area contributed by atoms with E-state index >= 15 is 0 Å². The van der Waals surface area contributed by atoms with Gasteiger partial charge in [0.15, 0.2) is 0 Å². The SMILES string of the molecule is COc1ccc(OC)c2c1cc1n2C[C@@](C)(C(=O)NC2CCC(C)CC2)N(Cc2cccnc2)C1=O. The van der Waals surface area contributed by atoms with E-state index in [4.69, 9.17) is 9.47 Å². The van der Waals surface area contributed by atoms with Crippen LogP contribution in [0.5, 0.6) is 11.5 Å². The Morgan fingerprint density at radius 1 is 1.14 bits per heavy atom. The lowest BCUT2D eigenvalue weighted by Crippen LogP contribution is -2.64. The van der Waals surface area contributed by atoms with Crippen molar-refractivity contribution in [1.29, 1.82) is 0 Å². The van der Waals surface area contributed by atoms with Crippen LogP contribution >= 0.6 is 0 Å². The Balaban J connectivity index is 1.59. The monoisotopic (exact) mass is 490 g/mol. The summed E-state index contributed by atoms with van der Waals surface area (Å²) in [5, 5.41) is 4.08. The molecule has 0 spiro atoms. The minimum Gasteiger partial charge on any atom is -0.496 e. The normalized spacial score (nSPS) is 23.9. The Bertz CT molecular complexity index is 1280. The molecule has 36 heavy (non-hydrogen) atoms. The summed E-state index contributed by atoms with van der Waals surface area (Å²) in [4.78, 5) is 33.9. The topological polar surface area (TPSA) is 85.7 Å². The van der Waals surface area contributed by atoms with Crippen molar-refractivity contribution in [1.82, 2.24) is 19.8 Å². The number of pyridine rings is 1. The molecule has 0 radical (unpaired) electrons. The van der Waals surface area contributed by atoms with E-state index in [0.29, 0.717) is 29.7 Å². The molecule has 5 rings (SSSR count). The molecule has 1 saturated carbocycles. The molecule has 8 heteroatoms. The van der Waals surface area contributed by atoms with E-state index in [9.17, 15) is 9.59 Å². The van der Waals surface area contributed by atoms with Crippen molar-refractivity contribution in [2.75, 3.05) is 14.2 Å². The summed E-state index contributed by atoms with van der Waals surface area (Å²) in [7, 11) is 3.22. The maximum absolute atomic E-state index is 14.1. The number of amides is 2. The highest BCUT2D eigenvalue weighted by Crippen LogP contribution is 2.40. The van der Waals surface area contributed by atoms with Crippen molar-refractivity contribution in [3.63, 3.8) is 0 Å². The van der Waals surface area contributed by atoms with Crippen LogP contribution in [0.1, 0.15) is 55.6 Å². The number of methoxy groups -OCH3 is 2. The van der Waals surface area contributed by atoms with Crippen LogP contribution in [0.3, 0.4) is 0 Å². The molecule has 1 fully saturated rings. The van der Waals surface area contributed by atoms with Crippen molar-refractivity contribution in [3.8, 4) is 11.5 Å². The minimum atomic E-state index is -1.11. The van der Waals surface area contributed by atoms with Gasteiger partial charge in [0.2, 0.25) is 5.91 Å². The number of hydrogen-bond acceptors (Lipinski definition) is 5. The Kier molecular flexibility index (Phi) is 6.36. The van der Waals surface area contributed by atoms with Crippen molar-refractivity contribution in [2.45, 2.75) is 64.2 Å². The minimum absolute atomic E-state index is 0.123. The van der Waals surface area contributed by atoms with E-state index in [1.807, 2.05) is 41.8 Å². The molecule has 1 aromatic carbocycles. The predicted octanol–water partition coefficient (Wildman–Crippen LogP) is 4.16. The number of carbonyl (C=O) groups excluding carboxylic acids is 2. The molecular weight excluding hydrogens is 456 g/mol. The number of nitrogens with one attached hydrogen (secondary N) is 1. The van der Waals surface area contributed by atoms with Crippen molar-refractivity contribution < 1.29 is 19.1 Å². The van der Waals surface area contributed by atoms with E-state index in [1.54, 1.807) is 31.5 Å². The van der Waals surface area contributed by atoms with Gasteiger partial charge in [0, 0.05) is 30.4 Å². The van der Waals surface area contributed by atoms with Crippen LogP contribution in [0.15, 0.2) is 42.7 Å². The average Bonchev–Trinajstić information content (AvgIpc) is 3.27. The predicted molar refractivity (Wildman–Crippen MR) is 137 cm³/mol. The van der Waals surface area contributed by atoms with E-state index in [1.165, 1.54) is 0 Å². The van der Waals surface area contributed by atoms with Gasteiger partial charge in [-0.2, -0.15) is 0 Å². The average molecular weight is 491 g/mol. The first-order valence-corrected chi connectivity index (χ1v) is 12.6. The van der Waals surface area contributed by atoms with E-state index < -0.39 is 5.54 Å². The van der Waals surface area contributed by atoms with E-state index in [2.05, 4.69) is 17.2 Å². The summed E-state index contributed by atoms with van der Waals surface area (Å²) >= 11 is 0. The van der Waals surface area contributed by atoms with Gasteiger partial charge in [-0.25, -0.2) is 0 Å². The molecule has 2 amide bonds. The highest BCUT2D eigenvalue weighted by atomic mass is 16.5. The molecule has 1 aliphatic carbocycles. The van der Waals surface area contributed by atoms with Gasteiger partial charge in [-0.1, -0.05) is 13.0 Å². The molecule has 0 unspecified atom stereocenters. The van der Waals surface area contributed by atoms with Gasteiger partial charge < -0.3 is 24.3 Å². The van der Waals surface area contributed by atoms with Crippen LogP contribution < -0.4 is 14.8 Å². The maximum atomic E-state index is 14.1. The third kappa shape index (κ3) is 4.08. The Morgan fingerprint density at radius 2 is 1.86 bits per heavy atom. The molecule has 3 heterocycles. The fourth-order valence-electron chi connectivity index (χ4n) is 5.62. The Hall–Kier alpha value is -3.55. The van der Waals surface area contributed by atoms with Crippen molar-refractivity contribution >= 4 is 22.7 Å². The number of fused-ring (bicyclic) bond motifs is 3. The van der Waals surface area contributed by atoms with Gasteiger partial charge in [0.25, 0.3) is 5.91 Å². The Morgan fingerprint density at radius 3 is 2.53 bits per heavy atom. The van der Waals surface area contributed by atoms with E-state index in [-0.39, 0.29) is 24.4 Å². The zero-order valence-electron chi connectivity index (χ0n) is 21.4. The number of carbonyl (C=O) groups is 2. The van der Waals surface area contributed by atoms with Gasteiger partial charge in [-0.3, -0.25) is 14.6 Å². The number of hydrogen-bond donors (Lipinski definition) is 1.